The highest BCUT2D eigenvalue weighted by atomic mass is 16.2. The van der Waals surface area contributed by atoms with E-state index in [1.807, 2.05) is 17.8 Å². The van der Waals surface area contributed by atoms with Crippen molar-refractivity contribution >= 4 is 5.91 Å². The summed E-state index contributed by atoms with van der Waals surface area (Å²) in [4.78, 5) is 17.8. The number of amides is 1. The normalized spacial score (nSPS) is 27.4. The van der Waals surface area contributed by atoms with Gasteiger partial charge in [-0.15, -0.1) is 0 Å². The third-order valence-corrected chi connectivity index (χ3v) is 6.31. The summed E-state index contributed by atoms with van der Waals surface area (Å²) in [5, 5.41) is 4.51. The molecule has 3 aliphatic rings. The van der Waals surface area contributed by atoms with Crippen LogP contribution in [0.15, 0.2) is 6.20 Å². The van der Waals surface area contributed by atoms with E-state index >= 15 is 0 Å². The van der Waals surface area contributed by atoms with Gasteiger partial charge >= 0.3 is 0 Å². The lowest BCUT2D eigenvalue weighted by Gasteiger charge is -2.40. The van der Waals surface area contributed by atoms with E-state index in [1.54, 1.807) is 0 Å². The van der Waals surface area contributed by atoms with Crippen molar-refractivity contribution in [2.24, 2.45) is 11.3 Å². The van der Waals surface area contributed by atoms with Gasteiger partial charge in [0.15, 0.2) is 0 Å². The highest BCUT2D eigenvalue weighted by Gasteiger charge is 2.43. The number of aromatic nitrogens is 2. The molecular formula is C20H32N4O. The Bertz CT molecular complexity index is 636. The fourth-order valence-electron chi connectivity index (χ4n) is 4.81. The molecule has 0 unspecified atom stereocenters. The van der Waals surface area contributed by atoms with E-state index in [4.69, 9.17) is 0 Å². The van der Waals surface area contributed by atoms with Gasteiger partial charge in [-0.25, -0.2) is 0 Å². The molecule has 0 N–H and O–H groups in total. The zero-order valence-corrected chi connectivity index (χ0v) is 15.8. The van der Waals surface area contributed by atoms with Gasteiger partial charge in [0.1, 0.15) is 0 Å². The summed E-state index contributed by atoms with van der Waals surface area (Å²) in [6.07, 6.45) is 9.59. The van der Waals surface area contributed by atoms with Gasteiger partial charge in [-0.1, -0.05) is 6.92 Å². The minimum absolute atomic E-state index is 0.191. The summed E-state index contributed by atoms with van der Waals surface area (Å²) in [6, 6.07) is 0. The molecular weight excluding hydrogens is 312 g/mol. The predicted molar refractivity (Wildman–Crippen MR) is 98.6 cm³/mol. The average molecular weight is 345 g/mol. The summed E-state index contributed by atoms with van der Waals surface area (Å²) in [5.74, 6) is 1.15. The van der Waals surface area contributed by atoms with Crippen LogP contribution < -0.4 is 0 Å². The van der Waals surface area contributed by atoms with Crippen LogP contribution in [0.5, 0.6) is 0 Å². The largest absolute Gasteiger partial charge is 0.338 e. The summed E-state index contributed by atoms with van der Waals surface area (Å²) in [5.41, 5.74) is 2.02. The number of rotatable bonds is 5. The molecule has 0 radical (unpaired) electrons. The molecule has 25 heavy (non-hydrogen) atoms. The van der Waals surface area contributed by atoms with Gasteiger partial charge in [-0.05, 0) is 57.9 Å². The van der Waals surface area contributed by atoms with Gasteiger partial charge in [-0.3, -0.25) is 9.48 Å². The molecule has 0 bridgehead atoms. The summed E-state index contributed by atoms with van der Waals surface area (Å²) in [6.45, 7) is 10.6. The van der Waals surface area contributed by atoms with Crippen LogP contribution in [0, 0.1) is 18.3 Å². The molecule has 1 saturated carbocycles. The van der Waals surface area contributed by atoms with E-state index < -0.39 is 0 Å². The molecule has 1 spiro atoms. The lowest BCUT2D eigenvalue weighted by Crippen LogP contribution is -2.46. The van der Waals surface area contributed by atoms with Crippen LogP contribution in [0.3, 0.4) is 0 Å². The molecule has 138 valence electrons. The molecule has 4 rings (SSSR count). The fourth-order valence-corrected chi connectivity index (χ4v) is 4.81. The lowest BCUT2D eigenvalue weighted by atomic mass is 9.79. The number of hydrogen-bond donors (Lipinski definition) is 0. The number of aryl methyl sites for hydroxylation is 2. The Kier molecular flexibility index (Phi) is 4.61. The molecule has 1 amide bonds. The van der Waals surface area contributed by atoms with Crippen LogP contribution >= 0.6 is 0 Å². The Hall–Kier alpha value is -1.36. The quantitative estimate of drug-likeness (QED) is 0.825. The zero-order valence-electron chi connectivity index (χ0n) is 15.8. The third-order valence-electron chi connectivity index (χ3n) is 6.31. The maximum Gasteiger partial charge on any atom is 0.257 e. The lowest BCUT2D eigenvalue weighted by molar-refractivity contribution is 0.0680. The molecule has 1 aliphatic carbocycles. The summed E-state index contributed by atoms with van der Waals surface area (Å²) in [7, 11) is 0. The summed E-state index contributed by atoms with van der Waals surface area (Å²) >= 11 is 0. The molecule has 1 aromatic heterocycles. The van der Waals surface area contributed by atoms with Gasteiger partial charge in [0.25, 0.3) is 5.91 Å². The van der Waals surface area contributed by atoms with E-state index in [0.29, 0.717) is 5.41 Å². The highest BCUT2D eigenvalue weighted by Crippen LogP contribution is 2.41. The number of carbonyl (C=O) groups is 1. The van der Waals surface area contributed by atoms with Crippen molar-refractivity contribution in [3.05, 3.63) is 17.5 Å². The summed E-state index contributed by atoms with van der Waals surface area (Å²) < 4.78 is 1.92. The number of likely N-dealkylation sites (tertiary alicyclic amines) is 2. The Morgan fingerprint density at radius 2 is 2.12 bits per heavy atom. The molecule has 2 aliphatic heterocycles. The second-order valence-corrected chi connectivity index (χ2v) is 8.65. The molecule has 5 nitrogen and oxygen atoms in total. The second-order valence-electron chi connectivity index (χ2n) is 8.65. The van der Waals surface area contributed by atoms with Gasteiger partial charge in [-0.2, -0.15) is 5.10 Å². The number of nitrogens with zero attached hydrogens (tertiary/aromatic N) is 4. The van der Waals surface area contributed by atoms with Crippen molar-refractivity contribution < 1.29 is 4.79 Å². The Morgan fingerprint density at radius 3 is 2.88 bits per heavy atom. The smallest absolute Gasteiger partial charge is 0.257 e. The molecule has 1 aromatic rings. The first kappa shape index (κ1) is 17.1. The molecule has 0 aromatic carbocycles. The van der Waals surface area contributed by atoms with Crippen LogP contribution in [-0.4, -0.2) is 58.2 Å². The van der Waals surface area contributed by atoms with Crippen molar-refractivity contribution in [3.8, 4) is 0 Å². The Morgan fingerprint density at radius 1 is 1.28 bits per heavy atom. The van der Waals surface area contributed by atoms with Crippen molar-refractivity contribution in [3.63, 3.8) is 0 Å². The first-order valence-electron chi connectivity index (χ1n) is 10.1. The maximum atomic E-state index is 13.0. The minimum atomic E-state index is 0.191. The molecule has 3 fully saturated rings. The van der Waals surface area contributed by atoms with Crippen LogP contribution in [0.25, 0.3) is 0 Å². The second kappa shape index (κ2) is 6.75. The van der Waals surface area contributed by atoms with Crippen molar-refractivity contribution in [2.45, 2.75) is 58.9 Å². The molecule has 1 atom stereocenters. The molecule has 2 saturated heterocycles. The number of hydrogen-bond acceptors (Lipinski definition) is 3. The van der Waals surface area contributed by atoms with Crippen LogP contribution in [0.2, 0.25) is 0 Å². The topological polar surface area (TPSA) is 41.4 Å². The molecule has 5 heteroatoms. The number of piperidine rings is 1. The average Bonchev–Trinajstić information content (AvgIpc) is 3.19. The van der Waals surface area contributed by atoms with Gasteiger partial charge in [0, 0.05) is 44.3 Å². The predicted octanol–water partition coefficient (Wildman–Crippen LogP) is 2.94. The maximum absolute atomic E-state index is 13.0. The van der Waals surface area contributed by atoms with E-state index in [2.05, 4.69) is 21.8 Å². The highest BCUT2D eigenvalue weighted by molar-refractivity contribution is 5.95. The first-order chi connectivity index (χ1) is 12.1. The van der Waals surface area contributed by atoms with Crippen LogP contribution in [0.1, 0.15) is 61.5 Å². The number of carbonyl (C=O) groups excluding carboxylic acids is 1. The minimum Gasteiger partial charge on any atom is -0.338 e. The van der Waals surface area contributed by atoms with E-state index in [1.165, 1.54) is 51.7 Å². The fraction of sp³-hybridized carbons (Fsp3) is 0.800. The third kappa shape index (κ3) is 3.62. The monoisotopic (exact) mass is 344 g/mol. The van der Waals surface area contributed by atoms with Crippen molar-refractivity contribution in [2.75, 3.05) is 32.7 Å². The van der Waals surface area contributed by atoms with Crippen molar-refractivity contribution in [1.82, 2.24) is 19.6 Å². The van der Waals surface area contributed by atoms with Crippen LogP contribution in [-0.2, 0) is 6.54 Å². The van der Waals surface area contributed by atoms with Gasteiger partial charge in [0.05, 0.1) is 11.3 Å². The van der Waals surface area contributed by atoms with Gasteiger partial charge < -0.3 is 9.80 Å². The standard InChI is InChI=1S/C20H32N4O/c1-3-9-24-13-18(16(2)21-24)19(25)23-11-8-20(15-23)7-4-10-22(14-20)12-17-5-6-17/h13,17H,3-12,14-15H2,1-2H3/t20-/m0/s1. The van der Waals surface area contributed by atoms with E-state index in [9.17, 15) is 4.79 Å². The zero-order chi connectivity index (χ0) is 17.4. The SMILES string of the molecule is CCCn1cc(C(=O)N2CC[C@]3(CCCN(CC4CC4)C3)C2)c(C)n1. The Balaban J connectivity index is 1.41. The van der Waals surface area contributed by atoms with E-state index in [-0.39, 0.29) is 5.91 Å². The van der Waals surface area contributed by atoms with Crippen LogP contribution in [0.4, 0.5) is 0 Å². The molecule has 3 heterocycles. The van der Waals surface area contributed by atoms with Gasteiger partial charge in [0.2, 0.25) is 0 Å². The first-order valence-corrected chi connectivity index (χ1v) is 10.1. The van der Waals surface area contributed by atoms with E-state index in [0.717, 1.165) is 43.2 Å². The Labute approximate surface area is 151 Å². The van der Waals surface area contributed by atoms with Crippen molar-refractivity contribution in [1.29, 1.82) is 0 Å².